The van der Waals surface area contributed by atoms with Crippen molar-refractivity contribution in [2.75, 3.05) is 19.5 Å². The maximum absolute atomic E-state index is 12.7. The van der Waals surface area contributed by atoms with E-state index in [1.54, 1.807) is 22.7 Å². The smallest absolute Gasteiger partial charge is 0.327 e. The highest BCUT2D eigenvalue weighted by atomic mass is 35.5. The van der Waals surface area contributed by atoms with E-state index < -0.39 is 0 Å². The number of hydrogen-bond donors (Lipinski definition) is 0. The van der Waals surface area contributed by atoms with Gasteiger partial charge >= 0.3 is 12.0 Å². The predicted octanol–water partition coefficient (Wildman–Crippen LogP) is 5.38. The normalized spacial score (nSPS) is 18.3. The van der Waals surface area contributed by atoms with Crippen molar-refractivity contribution in [2.24, 2.45) is 0 Å². The summed E-state index contributed by atoms with van der Waals surface area (Å²) in [6.45, 7) is 0.343. The average Bonchev–Trinajstić information content (AvgIpc) is 3.29. The van der Waals surface area contributed by atoms with Crippen molar-refractivity contribution < 1.29 is 14.4 Å². The van der Waals surface area contributed by atoms with Crippen LogP contribution in [0.3, 0.4) is 0 Å². The zero-order valence-corrected chi connectivity index (χ0v) is 19.7. The summed E-state index contributed by atoms with van der Waals surface area (Å²) >= 11 is 5.75. The van der Waals surface area contributed by atoms with Gasteiger partial charge in [-0.15, -0.1) is 16.7 Å². The second-order valence-electron chi connectivity index (χ2n) is 9.08. The number of hydroxylamine groups is 2. The number of amides is 1. The Morgan fingerprint density at radius 3 is 2.26 bits per heavy atom. The molecule has 31 heavy (non-hydrogen) atoms. The summed E-state index contributed by atoms with van der Waals surface area (Å²) in [6, 6.07) is 2.51. The number of hydrogen-bond acceptors (Lipinski definition) is 4. The number of aryl methyl sites for hydroxylation is 1. The van der Waals surface area contributed by atoms with Crippen LogP contribution >= 0.6 is 11.6 Å². The highest BCUT2D eigenvalue weighted by Gasteiger charge is 2.32. The fourth-order valence-electron chi connectivity index (χ4n) is 4.81. The molecule has 0 saturated heterocycles. The molecule has 0 aromatic carbocycles. The summed E-state index contributed by atoms with van der Waals surface area (Å²) in [5, 5.41) is 2.05. The molecule has 0 unspecified atom stereocenters. The summed E-state index contributed by atoms with van der Waals surface area (Å²) < 4.78 is 1.57. The fourth-order valence-corrected chi connectivity index (χ4v) is 4.95. The van der Waals surface area contributed by atoms with E-state index in [0.717, 1.165) is 44.1 Å². The van der Waals surface area contributed by atoms with Crippen LogP contribution in [-0.4, -0.2) is 58.1 Å². The second-order valence-corrected chi connectivity index (χ2v) is 9.46. The van der Waals surface area contributed by atoms with Crippen LogP contribution in [0.1, 0.15) is 82.6 Å². The molecule has 1 amide bonds. The zero-order chi connectivity index (χ0) is 22.1. The monoisotopic (exact) mass is 451 g/mol. The Kier molecular flexibility index (Phi) is 9.72. The van der Waals surface area contributed by atoms with Crippen molar-refractivity contribution in [1.82, 2.24) is 14.5 Å². The lowest BCUT2D eigenvalue weighted by molar-refractivity contribution is -0.223. The molecule has 2 aliphatic rings. The number of nitrogens with zero attached hydrogens (tertiary/aromatic N) is 3. The Labute approximate surface area is 191 Å². The maximum atomic E-state index is 12.7. The lowest BCUT2D eigenvalue weighted by atomic mass is 9.90. The third-order valence-electron chi connectivity index (χ3n) is 6.63. The van der Waals surface area contributed by atoms with Crippen molar-refractivity contribution >= 4 is 23.6 Å². The molecule has 0 radical (unpaired) electrons. The molecule has 2 aliphatic carbocycles. The Hall–Kier alpha value is -1.53. The van der Waals surface area contributed by atoms with Crippen molar-refractivity contribution in [3.8, 4) is 0 Å². The third kappa shape index (κ3) is 7.25. The molecule has 0 N–H and O–H groups in total. The quantitative estimate of drug-likeness (QED) is 0.374. The molecule has 2 saturated carbocycles. The van der Waals surface area contributed by atoms with Gasteiger partial charge in [0, 0.05) is 43.9 Å². The number of halogens is 1. The minimum absolute atomic E-state index is 0.138. The summed E-state index contributed by atoms with van der Waals surface area (Å²) in [6.07, 6.45) is 17.4. The van der Waals surface area contributed by atoms with Gasteiger partial charge in [0.15, 0.2) is 0 Å². The summed E-state index contributed by atoms with van der Waals surface area (Å²) in [5.74, 6) is 0.381. The van der Waals surface area contributed by atoms with E-state index in [2.05, 4.69) is 5.06 Å². The molecule has 1 heterocycles. The lowest BCUT2D eigenvalue weighted by Crippen LogP contribution is -2.46. The Balaban J connectivity index is 1.50. The van der Waals surface area contributed by atoms with Crippen molar-refractivity contribution in [1.29, 1.82) is 0 Å². The van der Waals surface area contributed by atoms with E-state index in [9.17, 15) is 9.59 Å². The van der Waals surface area contributed by atoms with Gasteiger partial charge in [0.2, 0.25) is 0 Å². The molecular formula is C24H38ClN3O3. The maximum Gasteiger partial charge on any atom is 0.327 e. The zero-order valence-electron chi connectivity index (χ0n) is 18.9. The van der Waals surface area contributed by atoms with Crippen molar-refractivity contribution in [3.63, 3.8) is 0 Å². The SMILES string of the molecule is CN(CCC(=O)ON(C1CCCCC1)C1CCCCC1)C(=O)n1ccc(CCCCl)c1. The molecule has 174 valence electrons. The molecule has 0 atom stereocenters. The minimum atomic E-state index is -0.230. The van der Waals surface area contributed by atoms with Crippen LogP contribution in [0.25, 0.3) is 0 Å². The van der Waals surface area contributed by atoms with Crippen LogP contribution in [0.15, 0.2) is 18.5 Å². The topological polar surface area (TPSA) is 54.8 Å². The van der Waals surface area contributed by atoms with E-state index in [0.29, 0.717) is 24.5 Å². The highest BCUT2D eigenvalue weighted by Crippen LogP contribution is 2.30. The van der Waals surface area contributed by atoms with Gasteiger partial charge in [0.05, 0.1) is 6.42 Å². The first-order chi connectivity index (χ1) is 15.1. The van der Waals surface area contributed by atoms with Crippen LogP contribution in [0.2, 0.25) is 0 Å². The molecule has 0 aliphatic heterocycles. The van der Waals surface area contributed by atoms with Crippen molar-refractivity contribution in [3.05, 3.63) is 24.0 Å². The molecule has 0 spiro atoms. The van der Waals surface area contributed by atoms with E-state index in [4.69, 9.17) is 16.4 Å². The van der Waals surface area contributed by atoms with Crippen LogP contribution in [-0.2, 0) is 16.1 Å². The van der Waals surface area contributed by atoms with Crippen LogP contribution in [0.5, 0.6) is 0 Å². The van der Waals surface area contributed by atoms with E-state index in [-0.39, 0.29) is 18.4 Å². The summed E-state index contributed by atoms with van der Waals surface area (Å²) in [4.78, 5) is 32.9. The first kappa shape index (κ1) is 24.1. The Morgan fingerprint density at radius 1 is 1.06 bits per heavy atom. The van der Waals surface area contributed by atoms with Gasteiger partial charge in [-0.1, -0.05) is 38.5 Å². The van der Waals surface area contributed by atoms with Gasteiger partial charge in [-0.05, 0) is 50.2 Å². The molecule has 2 fully saturated rings. The summed E-state index contributed by atoms with van der Waals surface area (Å²) in [7, 11) is 1.73. The fraction of sp³-hybridized carbons (Fsp3) is 0.750. The van der Waals surface area contributed by atoms with E-state index in [1.807, 2.05) is 12.3 Å². The number of rotatable bonds is 9. The van der Waals surface area contributed by atoms with Gasteiger partial charge in [0.25, 0.3) is 0 Å². The van der Waals surface area contributed by atoms with Gasteiger partial charge < -0.3 is 9.74 Å². The molecular weight excluding hydrogens is 414 g/mol. The second kappa shape index (κ2) is 12.5. The highest BCUT2D eigenvalue weighted by molar-refractivity contribution is 6.17. The molecule has 0 bridgehead atoms. The van der Waals surface area contributed by atoms with E-state index in [1.165, 1.54) is 38.5 Å². The van der Waals surface area contributed by atoms with Gasteiger partial charge in [-0.3, -0.25) is 9.36 Å². The standard InChI is InChI=1S/C24H38ClN3O3/c1-26(24(30)27-18-14-20(19-27)9-8-16-25)17-15-23(29)31-28(21-10-4-2-5-11-21)22-12-6-3-7-13-22/h14,18-19,21-22H,2-13,15-17H2,1H3. The third-order valence-corrected chi connectivity index (χ3v) is 6.90. The number of carbonyl (C=O) groups is 2. The lowest BCUT2D eigenvalue weighted by Gasteiger charge is -2.39. The molecule has 7 heteroatoms. The predicted molar refractivity (Wildman–Crippen MR) is 123 cm³/mol. The minimum Gasteiger partial charge on any atom is -0.367 e. The summed E-state index contributed by atoms with van der Waals surface area (Å²) in [5.41, 5.74) is 1.09. The Morgan fingerprint density at radius 2 is 1.68 bits per heavy atom. The first-order valence-corrected chi connectivity index (χ1v) is 12.6. The van der Waals surface area contributed by atoms with Crippen LogP contribution in [0.4, 0.5) is 4.79 Å². The number of aromatic nitrogens is 1. The number of carbonyl (C=O) groups excluding carboxylic acids is 2. The van der Waals surface area contributed by atoms with Gasteiger partial charge in [-0.25, -0.2) is 4.79 Å². The van der Waals surface area contributed by atoms with Crippen LogP contribution in [0, 0.1) is 0 Å². The largest absolute Gasteiger partial charge is 0.367 e. The Bertz CT molecular complexity index is 678. The molecule has 1 aromatic rings. The van der Waals surface area contributed by atoms with E-state index >= 15 is 0 Å². The van der Waals surface area contributed by atoms with Crippen molar-refractivity contribution in [2.45, 2.75) is 95.6 Å². The molecule has 6 nitrogen and oxygen atoms in total. The van der Waals surface area contributed by atoms with Gasteiger partial charge in [-0.2, -0.15) is 0 Å². The van der Waals surface area contributed by atoms with Crippen LogP contribution < -0.4 is 0 Å². The first-order valence-electron chi connectivity index (χ1n) is 12.1. The number of alkyl halides is 1. The van der Waals surface area contributed by atoms with Gasteiger partial charge in [0.1, 0.15) is 0 Å². The molecule has 3 rings (SSSR count). The molecule has 1 aromatic heterocycles. The average molecular weight is 452 g/mol.